The predicted molar refractivity (Wildman–Crippen MR) is 90.5 cm³/mol. The van der Waals surface area contributed by atoms with Crippen LogP contribution in [0.1, 0.15) is 27.2 Å². The van der Waals surface area contributed by atoms with Crippen molar-refractivity contribution in [1.82, 2.24) is 14.7 Å². The van der Waals surface area contributed by atoms with E-state index in [1.54, 1.807) is 0 Å². The maximum absolute atomic E-state index is 12.6. The van der Waals surface area contributed by atoms with Crippen molar-refractivity contribution in [3.05, 3.63) is 0 Å². The van der Waals surface area contributed by atoms with Crippen LogP contribution in [-0.2, 0) is 9.53 Å². The third-order valence-corrected chi connectivity index (χ3v) is 5.89. The molecule has 0 amide bonds. The first-order chi connectivity index (χ1) is 11.8. The van der Waals surface area contributed by atoms with Crippen LogP contribution in [0.2, 0.25) is 0 Å². The van der Waals surface area contributed by atoms with Gasteiger partial charge in [-0.2, -0.15) is 0 Å². The number of hydrogen-bond acceptors (Lipinski definition) is 8. The van der Waals surface area contributed by atoms with Gasteiger partial charge in [0.05, 0.1) is 31.7 Å². The number of aliphatic hydroxyl groups is 3. The van der Waals surface area contributed by atoms with E-state index < -0.39 is 31.0 Å². The van der Waals surface area contributed by atoms with Crippen LogP contribution in [0, 0.1) is 5.41 Å². The smallest absolute Gasteiger partial charge is 0.310 e. The molecule has 6 unspecified atom stereocenters. The molecule has 3 saturated heterocycles. The number of hydrogen-bond donors (Lipinski definition) is 3. The molecule has 3 rings (SSSR count). The fourth-order valence-electron chi connectivity index (χ4n) is 3.77. The molecule has 0 radical (unpaired) electrons. The summed E-state index contributed by atoms with van der Waals surface area (Å²) in [5.41, 5.74) is -1.19. The molecular weight excluding hydrogens is 326 g/mol. The Hall–Kier alpha value is -0.770. The van der Waals surface area contributed by atoms with Crippen LogP contribution < -0.4 is 0 Å². The van der Waals surface area contributed by atoms with E-state index in [4.69, 9.17) is 4.74 Å². The Balaban J connectivity index is 1.69. The molecule has 8 heteroatoms. The van der Waals surface area contributed by atoms with Crippen LogP contribution in [-0.4, -0.2) is 106 Å². The summed E-state index contributed by atoms with van der Waals surface area (Å²) in [4.78, 5) is 19.7. The van der Waals surface area contributed by atoms with E-state index in [0.717, 1.165) is 19.6 Å². The van der Waals surface area contributed by atoms with Gasteiger partial charge in [0, 0.05) is 37.8 Å². The normalized spacial score (nSPS) is 38.8. The molecular formula is C17H31N3O5. The Morgan fingerprint density at radius 2 is 1.28 bits per heavy atom. The first kappa shape index (κ1) is 19.0. The molecule has 3 fully saturated rings. The lowest BCUT2D eigenvalue weighted by Gasteiger charge is -2.39. The summed E-state index contributed by atoms with van der Waals surface area (Å²) in [7, 11) is 0. The minimum absolute atomic E-state index is 0.188. The molecule has 3 aliphatic heterocycles. The second-order valence-corrected chi connectivity index (χ2v) is 8.09. The molecule has 3 heterocycles. The maximum Gasteiger partial charge on any atom is 0.310 e. The SMILES string of the molecule is CC1CN1C(CC(=O)OCC(CO)(CO)CO)(N1CC1C)N1CC1C. The summed E-state index contributed by atoms with van der Waals surface area (Å²) in [5.74, 6) is -0.785. The predicted octanol–water partition coefficient (Wildman–Crippen LogP) is -1.35. The molecule has 0 aromatic rings. The Morgan fingerprint density at radius 3 is 1.56 bits per heavy atom. The lowest BCUT2D eigenvalue weighted by atomic mass is 9.93. The van der Waals surface area contributed by atoms with Crippen molar-refractivity contribution in [3.8, 4) is 0 Å². The highest BCUT2D eigenvalue weighted by molar-refractivity contribution is 5.71. The molecule has 0 aliphatic carbocycles. The van der Waals surface area contributed by atoms with Gasteiger partial charge in [0.15, 0.2) is 0 Å². The highest BCUT2D eigenvalue weighted by Crippen LogP contribution is 2.48. The Bertz CT molecular complexity index is 463. The van der Waals surface area contributed by atoms with Gasteiger partial charge >= 0.3 is 5.97 Å². The van der Waals surface area contributed by atoms with Gasteiger partial charge in [-0.1, -0.05) is 0 Å². The van der Waals surface area contributed by atoms with Crippen molar-refractivity contribution < 1.29 is 24.9 Å². The second-order valence-electron chi connectivity index (χ2n) is 8.09. The van der Waals surface area contributed by atoms with Crippen molar-refractivity contribution in [2.75, 3.05) is 46.1 Å². The second kappa shape index (κ2) is 6.75. The summed E-state index contributed by atoms with van der Waals surface area (Å²) in [6, 6.07) is 1.33. The lowest BCUT2D eigenvalue weighted by Crippen LogP contribution is -2.56. The zero-order valence-corrected chi connectivity index (χ0v) is 15.4. The van der Waals surface area contributed by atoms with Gasteiger partial charge in [0.2, 0.25) is 0 Å². The van der Waals surface area contributed by atoms with E-state index in [2.05, 4.69) is 35.5 Å². The monoisotopic (exact) mass is 357 g/mol. The van der Waals surface area contributed by atoms with Gasteiger partial charge in [0.25, 0.3) is 0 Å². The molecule has 25 heavy (non-hydrogen) atoms. The average molecular weight is 357 g/mol. The number of aliphatic hydroxyl groups excluding tert-OH is 3. The van der Waals surface area contributed by atoms with Crippen molar-refractivity contribution in [3.63, 3.8) is 0 Å². The van der Waals surface area contributed by atoms with Gasteiger partial charge in [0.1, 0.15) is 12.4 Å². The average Bonchev–Trinajstić information content (AvgIpc) is 3.51. The molecule has 6 atom stereocenters. The quantitative estimate of drug-likeness (QED) is 0.326. The fourth-order valence-corrected chi connectivity index (χ4v) is 3.77. The van der Waals surface area contributed by atoms with Crippen LogP contribution in [0.15, 0.2) is 0 Å². The molecule has 3 aliphatic rings. The molecule has 0 saturated carbocycles. The topological polar surface area (TPSA) is 96.0 Å². The lowest BCUT2D eigenvalue weighted by molar-refractivity contribution is -0.160. The molecule has 0 spiro atoms. The zero-order valence-electron chi connectivity index (χ0n) is 15.4. The van der Waals surface area contributed by atoms with E-state index >= 15 is 0 Å². The number of carbonyl (C=O) groups is 1. The largest absolute Gasteiger partial charge is 0.465 e. The van der Waals surface area contributed by atoms with Gasteiger partial charge in [-0.15, -0.1) is 0 Å². The fraction of sp³-hybridized carbons (Fsp3) is 0.941. The number of rotatable bonds is 10. The van der Waals surface area contributed by atoms with Crippen LogP contribution in [0.3, 0.4) is 0 Å². The maximum atomic E-state index is 12.6. The summed E-state index contributed by atoms with van der Waals surface area (Å²) < 4.78 is 5.38. The van der Waals surface area contributed by atoms with Crippen molar-refractivity contribution >= 4 is 5.97 Å². The standard InChI is InChI=1S/C17H31N3O5/c1-12-5-18(12)17(19-6-13(19)2,20-7-14(20)3)4-15(24)25-11-16(8-21,9-22)10-23/h12-14,21-23H,4-11H2,1-3H3. The van der Waals surface area contributed by atoms with E-state index in [0.29, 0.717) is 18.1 Å². The van der Waals surface area contributed by atoms with Crippen molar-refractivity contribution in [1.29, 1.82) is 0 Å². The van der Waals surface area contributed by atoms with E-state index in [9.17, 15) is 20.1 Å². The number of nitrogens with zero attached hydrogens (tertiary/aromatic N) is 3. The number of ether oxygens (including phenoxy) is 1. The van der Waals surface area contributed by atoms with E-state index in [1.165, 1.54) is 0 Å². The first-order valence-electron chi connectivity index (χ1n) is 9.12. The molecule has 0 bridgehead atoms. The van der Waals surface area contributed by atoms with Gasteiger partial charge in [-0.25, -0.2) is 0 Å². The Kier molecular flexibility index (Phi) is 5.13. The van der Waals surface area contributed by atoms with Crippen molar-refractivity contribution in [2.24, 2.45) is 5.41 Å². The van der Waals surface area contributed by atoms with Gasteiger partial charge in [-0.3, -0.25) is 19.5 Å². The van der Waals surface area contributed by atoms with Gasteiger partial charge < -0.3 is 20.1 Å². The minimum atomic E-state index is -1.19. The molecule has 144 valence electrons. The summed E-state index contributed by atoms with van der Waals surface area (Å²) in [6.45, 7) is 7.89. The van der Waals surface area contributed by atoms with Crippen LogP contribution >= 0.6 is 0 Å². The molecule has 8 nitrogen and oxygen atoms in total. The third-order valence-electron chi connectivity index (χ3n) is 5.89. The zero-order chi connectivity index (χ0) is 18.4. The third kappa shape index (κ3) is 3.43. The number of carbonyl (C=O) groups excluding carboxylic acids is 1. The Morgan fingerprint density at radius 1 is 0.920 bits per heavy atom. The van der Waals surface area contributed by atoms with Crippen LogP contribution in [0.5, 0.6) is 0 Å². The first-order valence-corrected chi connectivity index (χ1v) is 9.12. The Labute approximate surface area is 148 Å². The van der Waals surface area contributed by atoms with Crippen LogP contribution in [0.4, 0.5) is 0 Å². The molecule has 0 aromatic carbocycles. The summed E-state index contributed by atoms with van der Waals surface area (Å²) in [6.07, 6.45) is 0.227. The van der Waals surface area contributed by atoms with E-state index in [1.807, 2.05) is 0 Å². The van der Waals surface area contributed by atoms with Crippen LogP contribution in [0.25, 0.3) is 0 Å². The summed E-state index contributed by atoms with van der Waals surface area (Å²) in [5, 5.41) is 28.2. The van der Waals surface area contributed by atoms with Gasteiger partial charge in [-0.05, 0) is 20.8 Å². The number of esters is 1. The van der Waals surface area contributed by atoms with E-state index in [-0.39, 0.29) is 19.0 Å². The van der Waals surface area contributed by atoms with Crippen molar-refractivity contribution in [2.45, 2.75) is 51.1 Å². The summed E-state index contributed by atoms with van der Waals surface area (Å²) >= 11 is 0. The highest BCUT2D eigenvalue weighted by atomic mass is 16.5. The minimum Gasteiger partial charge on any atom is -0.465 e. The molecule has 3 N–H and O–H groups in total. The molecule has 0 aromatic heterocycles. The highest BCUT2D eigenvalue weighted by Gasteiger charge is 2.65.